The zero-order valence-electron chi connectivity index (χ0n) is 10.6. The van der Waals surface area contributed by atoms with Gasteiger partial charge in [-0.1, -0.05) is 6.92 Å². The van der Waals surface area contributed by atoms with E-state index in [2.05, 4.69) is 13.8 Å². The summed E-state index contributed by atoms with van der Waals surface area (Å²) in [7, 11) is 0. The highest BCUT2D eigenvalue weighted by Crippen LogP contribution is 2.51. The fourth-order valence-electron chi connectivity index (χ4n) is 3.36. The van der Waals surface area contributed by atoms with Crippen molar-refractivity contribution in [2.75, 3.05) is 0 Å². The average molecular weight is 226 g/mol. The third kappa shape index (κ3) is 1.80. The molecule has 4 atom stereocenters. The molecule has 3 nitrogen and oxygen atoms in total. The van der Waals surface area contributed by atoms with Crippen LogP contribution in [0.3, 0.4) is 0 Å². The molecule has 1 heterocycles. The van der Waals surface area contributed by atoms with Gasteiger partial charge in [0.1, 0.15) is 5.78 Å². The van der Waals surface area contributed by atoms with E-state index in [0.29, 0.717) is 12.3 Å². The summed E-state index contributed by atoms with van der Waals surface area (Å²) in [5, 5.41) is 10.6. The number of aliphatic hydroxyl groups is 1. The fraction of sp³-hybridized carbons (Fsp3) is 0.923. The van der Waals surface area contributed by atoms with Gasteiger partial charge >= 0.3 is 0 Å². The third-order valence-corrected chi connectivity index (χ3v) is 4.52. The van der Waals surface area contributed by atoms with E-state index in [1.54, 1.807) is 6.92 Å². The summed E-state index contributed by atoms with van der Waals surface area (Å²) < 4.78 is 5.99. The predicted molar refractivity (Wildman–Crippen MR) is 61.1 cm³/mol. The molecule has 0 amide bonds. The van der Waals surface area contributed by atoms with Crippen molar-refractivity contribution in [3.63, 3.8) is 0 Å². The molecule has 0 aromatic heterocycles. The van der Waals surface area contributed by atoms with Gasteiger partial charge in [0.15, 0.2) is 0 Å². The number of fused-ring (bicyclic) bond motifs is 2. The van der Waals surface area contributed by atoms with Crippen LogP contribution < -0.4 is 0 Å². The van der Waals surface area contributed by atoms with Crippen LogP contribution >= 0.6 is 0 Å². The Bertz CT molecular complexity index is 310. The maximum absolute atomic E-state index is 11.3. The van der Waals surface area contributed by atoms with Crippen LogP contribution in [0.2, 0.25) is 0 Å². The Morgan fingerprint density at radius 1 is 1.50 bits per heavy atom. The topological polar surface area (TPSA) is 46.5 Å². The molecule has 1 aliphatic carbocycles. The van der Waals surface area contributed by atoms with E-state index >= 15 is 0 Å². The van der Waals surface area contributed by atoms with Gasteiger partial charge in [-0.25, -0.2) is 0 Å². The van der Waals surface area contributed by atoms with Crippen LogP contribution in [0.4, 0.5) is 0 Å². The van der Waals surface area contributed by atoms with E-state index in [-0.39, 0.29) is 29.8 Å². The maximum atomic E-state index is 11.3. The molecule has 0 unspecified atom stereocenters. The molecule has 1 aliphatic heterocycles. The predicted octanol–water partition coefficient (Wildman–Crippen LogP) is 1.92. The second-order valence-electron chi connectivity index (χ2n) is 6.17. The first kappa shape index (κ1) is 12.1. The average Bonchev–Trinajstić information content (AvgIpc) is 2.35. The molecule has 0 aromatic carbocycles. The molecule has 1 saturated carbocycles. The summed E-state index contributed by atoms with van der Waals surface area (Å²) in [5.41, 5.74) is -1.01. The lowest BCUT2D eigenvalue weighted by atomic mass is 9.67. The van der Waals surface area contributed by atoms with Crippen LogP contribution in [0, 0.1) is 11.8 Å². The van der Waals surface area contributed by atoms with Crippen LogP contribution in [0.5, 0.6) is 0 Å². The number of hydrogen-bond acceptors (Lipinski definition) is 3. The number of carbonyl (C=O) groups excluding carboxylic acids is 1. The third-order valence-electron chi connectivity index (χ3n) is 4.52. The Balaban J connectivity index is 2.22. The molecule has 0 radical (unpaired) electrons. The smallest absolute Gasteiger partial charge is 0.132 e. The monoisotopic (exact) mass is 226 g/mol. The number of ketones is 1. The van der Waals surface area contributed by atoms with Gasteiger partial charge in [0.2, 0.25) is 0 Å². The lowest BCUT2D eigenvalue weighted by Crippen LogP contribution is -2.48. The number of rotatable bonds is 2. The van der Waals surface area contributed by atoms with Crippen LogP contribution in [0.15, 0.2) is 0 Å². The van der Waals surface area contributed by atoms with E-state index in [4.69, 9.17) is 4.74 Å². The van der Waals surface area contributed by atoms with Crippen molar-refractivity contribution >= 4 is 5.78 Å². The van der Waals surface area contributed by atoms with Gasteiger partial charge in [-0.05, 0) is 39.5 Å². The number of hydrogen-bond donors (Lipinski definition) is 1. The highest BCUT2D eigenvalue weighted by Gasteiger charge is 2.56. The number of Topliss-reactive ketones (excluding diaryl/α,β-unsaturated/α-hetero) is 1. The molecule has 16 heavy (non-hydrogen) atoms. The summed E-state index contributed by atoms with van der Waals surface area (Å²) >= 11 is 0. The van der Waals surface area contributed by atoms with Gasteiger partial charge in [-0.2, -0.15) is 0 Å². The number of carbonyl (C=O) groups is 1. The molecule has 3 heteroatoms. The summed E-state index contributed by atoms with van der Waals surface area (Å²) in [5.74, 6) is 0.487. The Morgan fingerprint density at radius 3 is 2.69 bits per heavy atom. The SMILES string of the molecule is CC(=O)C[C@@]1(O)C[C@H]2C[C@H](OC2(C)C)[C@@H]1C. The number of ether oxygens (including phenoxy) is 1. The maximum Gasteiger partial charge on any atom is 0.132 e. The van der Waals surface area contributed by atoms with Gasteiger partial charge in [0.25, 0.3) is 0 Å². The first-order chi connectivity index (χ1) is 7.24. The van der Waals surface area contributed by atoms with Crippen molar-refractivity contribution < 1.29 is 14.6 Å². The molecule has 2 aliphatic rings. The standard InChI is InChI=1S/C13H22O3/c1-8(14)6-13(15)7-10-5-11(9(13)2)16-12(10,3)4/h9-11,15H,5-7H2,1-4H3/t9-,10+,11-,13+/m0/s1. The Kier molecular flexibility index (Phi) is 2.67. The largest absolute Gasteiger partial charge is 0.389 e. The van der Waals surface area contributed by atoms with Crippen molar-refractivity contribution in [1.29, 1.82) is 0 Å². The van der Waals surface area contributed by atoms with Crippen LogP contribution in [0.1, 0.15) is 47.0 Å². The van der Waals surface area contributed by atoms with E-state index in [1.807, 2.05) is 6.92 Å². The summed E-state index contributed by atoms with van der Waals surface area (Å²) in [4.78, 5) is 11.3. The highest BCUT2D eigenvalue weighted by atomic mass is 16.5. The van der Waals surface area contributed by atoms with Gasteiger partial charge in [-0.3, -0.25) is 4.79 Å². The molecule has 0 spiro atoms. The minimum absolute atomic E-state index is 0.0504. The second kappa shape index (κ2) is 3.54. The minimum atomic E-state index is -0.854. The van der Waals surface area contributed by atoms with Crippen molar-refractivity contribution in [2.45, 2.75) is 64.3 Å². The zero-order chi connectivity index (χ0) is 12.1. The first-order valence-electron chi connectivity index (χ1n) is 6.14. The summed E-state index contributed by atoms with van der Waals surface area (Å²) in [6, 6.07) is 0. The van der Waals surface area contributed by atoms with Crippen LogP contribution in [-0.2, 0) is 9.53 Å². The Hall–Kier alpha value is -0.410. The molecule has 2 fully saturated rings. The molecule has 0 aromatic rings. The molecular weight excluding hydrogens is 204 g/mol. The molecular formula is C13H22O3. The van der Waals surface area contributed by atoms with Crippen molar-refractivity contribution in [1.82, 2.24) is 0 Å². The van der Waals surface area contributed by atoms with E-state index in [1.165, 1.54) is 0 Å². The quantitative estimate of drug-likeness (QED) is 0.782. The summed E-state index contributed by atoms with van der Waals surface area (Å²) in [6.07, 6.45) is 2.09. The lowest BCUT2D eigenvalue weighted by Gasteiger charge is -2.41. The van der Waals surface area contributed by atoms with Crippen LogP contribution in [-0.4, -0.2) is 28.2 Å². The Morgan fingerprint density at radius 2 is 2.12 bits per heavy atom. The molecule has 1 saturated heterocycles. The van der Waals surface area contributed by atoms with Gasteiger partial charge in [0, 0.05) is 12.3 Å². The highest BCUT2D eigenvalue weighted by molar-refractivity contribution is 5.76. The molecule has 1 N–H and O–H groups in total. The van der Waals surface area contributed by atoms with E-state index in [0.717, 1.165) is 6.42 Å². The van der Waals surface area contributed by atoms with Crippen molar-refractivity contribution in [2.24, 2.45) is 11.8 Å². The van der Waals surface area contributed by atoms with E-state index < -0.39 is 5.60 Å². The van der Waals surface area contributed by atoms with Gasteiger partial charge in [-0.15, -0.1) is 0 Å². The first-order valence-corrected chi connectivity index (χ1v) is 6.14. The van der Waals surface area contributed by atoms with Gasteiger partial charge < -0.3 is 9.84 Å². The molecule has 2 rings (SSSR count). The van der Waals surface area contributed by atoms with Crippen LogP contribution in [0.25, 0.3) is 0 Å². The Labute approximate surface area is 97.2 Å². The lowest BCUT2D eigenvalue weighted by molar-refractivity contribution is -0.131. The minimum Gasteiger partial charge on any atom is -0.389 e. The molecule has 2 bridgehead atoms. The fourth-order valence-corrected chi connectivity index (χ4v) is 3.36. The normalized spacial score (nSPS) is 45.7. The van der Waals surface area contributed by atoms with Crippen molar-refractivity contribution in [3.8, 4) is 0 Å². The molecule has 92 valence electrons. The van der Waals surface area contributed by atoms with Crippen molar-refractivity contribution in [3.05, 3.63) is 0 Å². The zero-order valence-corrected chi connectivity index (χ0v) is 10.6. The van der Waals surface area contributed by atoms with Gasteiger partial charge in [0.05, 0.1) is 17.3 Å². The van der Waals surface area contributed by atoms with E-state index in [9.17, 15) is 9.90 Å². The summed E-state index contributed by atoms with van der Waals surface area (Å²) in [6.45, 7) is 7.73. The second-order valence-corrected chi connectivity index (χ2v) is 6.17.